The van der Waals surface area contributed by atoms with Crippen LogP contribution in [0.15, 0.2) is 83.2 Å². The maximum absolute atomic E-state index is 12.7. The van der Waals surface area contributed by atoms with Crippen LogP contribution in [-0.4, -0.2) is 24.0 Å². The van der Waals surface area contributed by atoms with Gasteiger partial charge in [-0.05, 0) is 42.1 Å². The molecule has 1 amide bonds. The van der Waals surface area contributed by atoms with E-state index in [-0.39, 0.29) is 5.91 Å². The predicted octanol–water partition coefficient (Wildman–Crippen LogP) is 5.79. The van der Waals surface area contributed by atoms with Crippen LogP contribution in [0.3, 0.4) is 0 Å². The third-order valence-electron chi connectivity index (χ3n) is 4.54. The zero-order valence-electron chi connectivity index (χ0n) is 16.4. The van der Waals surface area contributed by atoms with Crippen molar-refractivity contribution in [1.29, 1.82) is 0 Å². The number of fused-ring (bicyclic) bond motifs is 1. The van der Waals surface area contributed by atoms with E-state index in [1.165, 1.54) is 4.88 Å². The van der Waals surface area contributed by atoms with Crippen molar-refractivity contribution < 1.29 is 9.53 Å². The molecule has 1 N–H and O–H groups in total. The van der Waals surface area contributed by atoms with Crippen molar-refractivity contribution in [2.75, 3.05) is 13.2 Å². The van der Waals surface area contributed by atoms with Crippen molar-refractivity contribution in [3.8, 4) is 5.75 Å². The lowest BCUT2D eigenvalue weighted by molar-refractivity contribution is 0.0948. The number of carbonyl (C=O) groups is 1. The molecule has 0 fully saturated rings. The molecule has 0 aliphatic carbocycles. The number of aromatic nitrogens is 1. The van der Waals surface area contributed by atoms with E-state index in [1.54, 1.807) is 29.3 Å². The van der Waals surface area contributed by atoms with E-state index in [2.05, 4.69) is 27.8 Å². The normalized spacial score (nSPS) is 10.8. The summed E-state index contributed by atoms with van der Waals surface area (Å²) in [5.41, 5.74) is 1.58. The van der Waals surface area contributed by atoms with Gasteiger partial charge in [0.05, 0.1) is 12.2 Å². The highest BCUT2D eigenvalue weighted by Gasteiger charge is 2.11. The molecule has 0 saturated heterocycles. The second-order valence-corrected chi connectivity index (χ2v) is 8.70. The minimum Gasteiger partial charge on any atom is -0.491 e. The van der Waals surface area contributed by atoms with E-state index in [9.17, 15) is 4.79 Å². The van der Waals surface area contributed by atoms with Crippen LogP contribution in [0, 0.1) is 0 Å². The predicted molar refractivity (Wildman–Crippen MR) is 125 cm³/mol. The Morgan fingerprint density at radius 3 is 2.83 bits per heavy atom. The number of para-hydroxylation sites is 1. The van der Waals surface area contributed by atoms with Crippen molar-refractivity contribution in [3.05, 3.63) is 88.7 Å². The van der Waals surface area contributed by atoms with E-state index in [1.807, 2.05) is 54.6 Å². The number of thioether (sulfide) groups is 1. The first-order valence-electron chi connectivity index (χ1n) is 9.80. The van der Waals surface area contributed by atoms with Gasteiger partial charge in [0.2, 0.25) is 0 Å². The highest BCUT2D eigenvalue weighted by atomic mass is 32.2. The Hall–Kier alpha value is -2.83. The number of nitrogens with zero attached hydrogens (tertiary/aromatic N) is 1. The molecule has 4 nitrogen and oxygen atoms in total. The van der Waals surface area contributed by atoms with E-state index in [4.69, 9.17) is 4.74 Å². The summed E-state index contributed by atoms with van der Waals surface area (Å²) in [4.78, 5) is 19.4. The molecule has 152 valence electrons. The lowest BCUT2D eigenvalue weighted by atomic mass is 10.2. The molecule has 2 heterocycles. The number of rotatable bonds is 9. The zero-order chi connectivity index (χ0) is 20.6. The third-order valence-corrected chi connectivity index (χ3v) is 6.72. The van der Waals surface area contributed by atoms with Gasteiger partial charge in [-0.1, -0.05) is 36.4 Å². The molecule has 2 aromatic carbocycles. The first kappa shape index (κ1) is 20.4. The topological polar surface area (TPSA) is 51.2 Å². The second kappa shape index (κ2) is 10.3. The van der Waals surface area contributed by atoms with Crippen molar-refractivity contribution in [2.45, 2.75) is 17.1 Å². The number of hydrogen-bond acceptors (Lipinski definition) is 5. The minimum absolute atomic E-state index is 0.0453. The monoisotopic (exact) mass is 434 g/mol. The van der Waals surface area contributed by atoms with Gasteiger partial charge in [-0.25, -0.2) is 0 Å². The fraction of sp³-hybridized carbons (Fsp3) is 0.167. The number of hydrogen-bond donors (Lipinski definition) is 1. The van der Waals surface area contributed by atoms with Crippen LogP contribution in [0.25, 0.3) is 10.9 Å². The van der Waals surface area contributed by atoms with Gasteiger partial charge in [0, 0.05) is 33.7 Å². The fourth-order valence-electron chi connectivity index (χ4n) is 3.07. The van der Waals surface area contributed by atoms with Crippen molar-refractivity contribution in [2.24, 2.45) is 0 Å². The SMILES string of the molecule is O=C(NCCCOc1cccc2cccnc12)c1ccccc1SCc1cccs1. The Bertz CT molecular complexity index is 1110. The van der Waals surface area contributed by atoms with Gasteiger partial charge >= 0.3 is 0 Å². The van der Waals surface area contributed by atoms with Crippen LogP contribution in [0.2, 0.25) is 0 Å². The highest BCUT2D eigenvalue weighted by molar-refractivity contribution is 7.98. The van der Waals surface area contributed by atoms with E-state index in [0.29, 0.717) is 13.2 Å². The number of nitrogens with one attached hydrogen (secondary N) is 1. The summed E-state index contributed by atoms with van der Waals surface area (Å²) in [6.07, 6.45) is 2.49. The Morgan fingerprint density at radius 1 is 1.03 bits per heavy atom. The number of benzene rings is 2. The van der Waals surface area contributed by atoms with E-state index in [0.717, 1.165) is 39.3 Å². The van der Waals surface area contributed by atoms with E-state index >= 15 is 0 Å². The first-order chi connectivity index (χ1) is 14.8. The summed E-state index contributed by atoms with van der Waals surface area (Å²) < 4.78 is 5.89. The number of thiophene rings is 1. The van der Waals surface area contributed by atoms with Gasteiger partial charge in [-0.3, -0.25) is 9.78 Å². The van der Waals surface area contributed by atoms with Gasteiger partial charge < -0.3 is 10.1 Å². The van der Waals surface area contributed by atoms with Crippen molar-refractivity contribution in [3.63, 3.8) is 0 Å². The molecule has 30 heavy (non-hydrogen) atoms. The maximum atomic E-state index is 12.7. The van der Waals surface area contributed by atoms with Crippen molar-refractivity contribution in [1.82, 2.24) is 10.3 Å². The third kappa shape index (κ3) is 5.20. The molecule has 0 saturated carbocycles. The van der Waals surface area contributed by atoms with Crippen LogP contribution in [0.4, 0.5) is 0 Å². The smallest absolute Gasteiger partial charge is 0.252 e. The van der Waals surface area contributed by atoms with Gasteiger partial charge in [-0.2, -0.15) is 0 Å². The molecule has 0 radical (unpaired) electrons. The maximum Gasteiger partial charge on any atom is 0.252 e. The van der Waals surface area contributed by atoms with E-state index < -0.39 is 0 Å². The molecule has 0 atom stereocenters. The molecule has 4 aromatic rings. The van der Waals surface area contributed by atoms with Crippen LogP contribution < -0.4 is 10.1 Å². The van der Waals surface area contributed by atoms with Crippen LogP contribution >= 0.6 is 23.1 Å². The fourth-order valence-corrected chi connectivity index (χ4v) is 4.89. The standard InChI is InChI=1S/C24H22N2O2S2/c27-24(20-10-1-2-12-22(20)30-17-19-9-5-16-29-19)26-14-6-15-28-21-11-3-7-18-8-4-13-25-23(18)21/h1-5,7-13,16H,6,14-15,17H2,(H,26,27). The Balaban J connectivity index is 1.27. The Labute approximate surface area is 184 Å². The van der Waals surface area contributed by atoms with Gasteiger partial charge in [0.15, 0.2) is 0 Å². The Kier molecular flexibility index (Phi) is 7.00. The second-order valence-electron chi connectivity index (χ2n) is 6.65. The Morgan fingerprint density at radius 2 is 1.93 bits per heavy atom. The average molecular weight is 435 g/mol. The molecule has 0 aliphatic rings. The van der Waals surface area contributed by atoms with Gasteiger partial charge in [0.25, 0.3) is 5.91 Å². The average Bonchev–Trinajstić information content (AvgIpc) is 3.31. The minimum atomic E-state index is -0.0453. The summed E-state index contributed by atoms with van der Waals surface area (Å²) >= 11 is 3.43. The molecular weight excluding hydrogens is 412 g/mol. The molecule has 0 spiro atoms. The largest absolute Gasteiger partial charge is 0.491 e. The summed E-state index contributed by atoms with van der Waals surface area (Å²) in [5, 5.41) is 6.14. The first-order valence-corrected chi connectivity index (χ1v) is 11.7. The molecule has 0 unspecified atom stereocenters. The number of pyridine rings is 1. The number of ether oxygens (including phenoxy) is 1. The number of carbonyl (C=O) groups excluding carboxylic acids is 1. The number of amides is 1. The molecule has 2 aromatic heterocycles. The van der Waals surface area contributed by atoms with Crippen molar-refractivity contribution >= 4 is 39.9 Å². The van der Waals surface area contributed by atoms with Gasteiger partial charge in [-0.15, -0.1) is 23.1 Å². The molecule has 4 rings (SSSR count). The quantitative estimate of drug-likeness (QED) is 0.268. The summed E-state index contributed by atoms with van der Waals surface area (Å²) in [5.74, 6) is 1.60. The lowest BCUT2D eigenvalue weighted by Gasteiger charge is -2.11. The van der Waals surface area contributed by atoms with Crippen LogP contribution in [-0.2, 0) is 5.75 Å². The molecule has 0 aliphatic heterocycles. The molecular formula is C24H22N2O2S2. The highest BCUT2D eigenvalue weighted by Crippen LogP contribution is 2.28. The summed E-state index contributed by atoms with van der Waals surface area (Å²) in [6.45, 7) is 1.08. The van der Waals surface area contributed by atoms with Crippen LogP contribution in [0.5, 0.6) is 5.75 Å². The molecule has 0 bridgehead atoms. The summed E-state index contributed by atoms with van der Waals surface area (Å²) in [6, 6.07) is 21.8. The lowest BCUT2D eigenvalue weighted by Crippen LogP contribution is -2.26. The zero-order valence-corrected chi connectivity index (χ0v) is 18.0. The summed E-state index contributed by atoms with van der Waals surface area (Å²) in [7, 11) is 0. The van der Waals surface area contributed by atoms with Crippen LogP contribution in [0.1, 0.15) is 21.7 Å². The molecule has 6 heteroatoms. The van der Waals surface area contributed by atoms with Gasteiger partial charge in [0.1, 0.15) is 11.3 Å².